The van der Waals surface area contributed by atoms with Crippen LogP contribution in [0.3, 0.4) is 0 Å². The van der Waals surface area contributed by atoms with Gasteiger partial charge < -0.3 is 30.2 Å². The van der Waals surface area contributed by atoms with E-state index in [9.17, 15) is 9.59 Å². The van der Waals surface area contributed by atoms with Gasteiger partial charge in [0.15, 0.2) is 0 Å². The van der Waals surface area contributed by atoms with Gasteiger partial charge in [-0.2, -0.15) is 0 Å². The molecule has 0 radical (unpaired) electrons. The molecule has 1 fully saturated rings. The van der Waals surface area contributed by atoms with Crippen LogP contribution in [0.25, 0.3) is 10.9 Å². The van der Waals surface area contributed by atoms with Gasteiger partial charge >= 0.3 is 6.03 Å². The van der Waals surface area contributed by atoms with Gasteiger partial charge in [0.1, 0.15) is 23.9 Å². The third-order valence-corrected chi connectivity index (χ3v) is 5.57. The van der Waals surface area contributed by atoms with Crippen LogP contribution < -0.4 is 25.4 Å². The van der Waals surface area contributed by atoms with Crippen LogP contribution in [0.15, 0.2) is 42.6 Å². The second-order valence-electron chi connectivity index (χ2n) is 7.99. The maximum absolute atomic E-state index is 12.7. The second-order valence-corrected chi connectivity index (χ2v) is 8.40. The molecule has 3 aromatic rings. The van der Waals surface area contributed by atoms with Crippen LogP contribution in [0.4, 0.5) is 10.5 Å². The lowest BCUT2D eigenvalue weighted by Gasteiger charge is -2.15. The third-order valence-electron chi connectivity index (χ3n) is 5.26. The number of methoxy groups -OCH3 is 1. The summed E-state index contributed by atoms with van der Waals surface area (Å²) in [5.41, 5.74) is 1.45. The number of halogens is 1. The first-order valence-electron chi connectivity index (χ1n) is 11.4. The van der Waals surface area contributed by atoms with Crippen molar-refractivity contribution in [2.45, 2.75) is 25.8 Å². The lowest BCUT2D eigenvalue weighted by molar-refractivity contribution is 0.0948. The fourth-order valence-corrected chi connectivity index (χ4v) is 3.60. The van der Waals surface area contributed by atoms with Crippen molar-refractivity contribution in [3.05, 3.63) is 53.2 Å². The molecule has 0 bridgehead atoms. The molecule has 9 nitrogen and oxygen atoms in total. The van der Waals surface area contributed by atoms with Crippen molar-refractivity contribution in [3.8, 4) is 17.2 Å². The van der Waals surface area contributed by atoms with Gasteiger partial charge in [-0.3, -0.25) is 9.78 Å². The number of nitrogens with zero attached hydrogens (tertiary/aromatic N) is 1. The Balaban J connectivity index is 1.59. The summed E-state index contributed by atoms with van der Waals surface area (Å²) >= 11 is 6.38. The molecule has 10 heteroatoms. The van der Waals surface area contributed by atoms with E-state index in [1.165, 1.54) is 0 Å². The van der Waals surface area contributed by atoms with Crippen LogP contribution in [-0.4, -0.2) is 49.8 Å². The Morgan fingerprint density at radius 3 is 2.66 bits per heavy atom. The van der Waals surface area contributed by atoms with Crippen molar-refractivity contribution < 1.29 is 23.8 Å². The molecular weight excluding hydrogens is 472 g/mol. The SMILES string of the molecule is CCNC(=O)c1cc2c(Oc3ccc(NC(=O)NC4CC4)c(Cl)c3)ccnc2cc1OCCOC. The Morgan fingerprint density at radius 1 is 1.11 bits per heavy atom. The number of urea groups is 1. The number of aromatic nitrogens is 1. The fourth-order valence-electron chi connectivity index (χ4n) is 3.38. The van der Waals surface area contributed by atoms with Crippen molar-refractivity contribution in [1.29, 1.82) is 0 Å². The fraction of sp³-hybridized carbons (Fsp3) is 0.320. The smallest absolute Gasteiger partial charge is 0.319 e. The van der Waals surface area contributed by atoms with Crippen molar-refractivity contribution in [1.82, 2.24) is 15.6 Å². The molecule has 2 aromatic carbocycles. The molecule has 0 unspecified atom stereocenters. The van der Waals surface area contributed by atoms with E-state index in [-0.39, 0.29) is 18.0 Å². The first-order chi connectivity index (χ1) is 17.0. The maximum Gasteiger partial charge on any atom is 0.319 e. The number of rotatable bonds is 10. The molecular formula is C25H27ClN4O5. The number of pyridine rings is 1. The topological polar surface area (TPSA) is 111 Å². The molecule has 184 valence electrons. The largest absolute Gasteiger partial charge is 0.490 e. The van der Waals surface area contributed by atoms with Crippen molar-refractivity contribution in [3.63, 3.8) is 0 Å². The van der Waals surface area contributed by atoms with Gasteiger partial charge in [-0.05, 0) is 44.0 Å². The molecule has 1 aromatic heterocycles. The Hall–Kier alpha value is -3.56. The number of fused-ring (bicyclic) bond motifs is 1. The van der Waals surface area contributed by atoms with Crippen LogP contribution in [0, 0.1) is 0 Å². The maximum atomic E-state index is 12.7. The number of amides is 3. The van der Waals surface area contributed by atoms with Gasteiger partial charge in [-0.1, -0.05) is 11.6 Å². The standard InChI is InChI=1S/C25H27ClN4O5/c1-3-27-24(31)18-13-17-21(14-23(18)34-11-10-33-2)28-9-8-22(17)35-16-6-7-20(19(26)12-16)30-25(32)29-15-4-5-15/h6-9,12-15H,3-5,10-11H2,1-2H3,(H,27,31)(H2,29,30,32). The highest BCUT2D eigenvalue weighted by molar-refractivity contribution is 6.33. The lowest BCUT2D eigenvalue weighted by Crippen LogP contribution is -2.30. The van der Waals surface area contributed by atoms with E-state index in [4.69, 9.17) is 25.8 Å². The van der Waals surface area contributed by atoms with E-state index in [1.807, 2.05) is 6.92 Å². The van der Waals surface area contributed by atoms with E-state index in [0.717, 1.165) is 12.8 Å². The van der Waals surface area contributed by atoms with Crippen LogP contribution in [0.2, 0.25) is 5.02 Å². The number of benzene rings is 2. The van der Waals surface area contributed by atoms with Gasteiger partial charge in [0, 0.05) is 43.4 Å². The molecule has 1 heterocycles. The molecule has 3 amide bonds. The Labute approximate surface area is 208 Å². The predicted molar refractivity (Wildman–Crippen MR) is 134 cm³/mol. The molecule has 1 aliphatic rings. The van der Waals surface area contributed by atoms with E-state index >= 15 is 0 Å². The number of anilines is 1. The normalized spacial score (nSPS) is 12.8. The molecule has 3 N–H and O–H groups in total. The highest BCUT2D eigenvalue weighted by Crippen LogP contribution is 2.35. The molecule has 1 aliphatic carbocycles. The van der Waals surface area contributed by atoms with E-state index in [0.29, 0.717) is 64.2 Å². The summed E-state index contributed by atoms with van der Waals surface area (Å²) in [5, 5.41) is 9.37. The number of carbonyl (C=O) groups excluding carboxylic acids is 2. The van der Waals surface area contributed by atoms with Gasteiger partial charge in [0.25, 0.3) is 5.91 Å². The quantitative estimate of drug-likeness (QED) is 0.348. The van der Waals surface area contributed by atoms with Gasteiger partial charge in [0.2, 0.25) is 0 Å². The number of carbonyl (C=O) groups is 2. The van der Waals surface area contributed by atoms with Gasteiger partial charge in [-0.15, -0.1) is 0 Å². The summed E-state index contributed by atoms with van der Waals surface area (Å²) < 4.78 is 16.9. The lowest BCUT2D eigenvalue weighted by atomic mass is 10.1. The molecule has 35 heavy (non-hydrogen) atoms. The predicted octanol–water partition coefficient (Wildman–Crippen LogP) is 4.74. The molecule has 0 spiro atoms. The minimum Gasteiger partial charge on any atom is -0.490 e. The summed E-state index contributed by atoms with van der Waals surface area (Å²) in [6.07, 6.45) is 3.61. The zero-order valence-corrected chi connectivity index (χ0v) is 20.3. The zero-order chi connectivity index (χ0) is 24.8. The number of hydrogen-bond donors (Lipinski definition) is 3. The minimum absolute atomic E-state index is 0.242. The van der Waals surface area contributed by atoms with Crippen LogP contribution in [-0.2, 0) is 4.74 Å². The number of ether oxygens (including phenoxy) is 3. The van der Waals surface area contributed by atoms with Gasteiger partial charge in [0.05, 0.1) is 28.4 Å². The monoisotopic (exact) mass is 498 g/mol. The Bertz CT molecular complexity index is 1230. The van der Waals surface area contributed by atoms with E-state index in [2.05, 4.69) is 20.9 Å². The highest BCUT2D eigenvalue weighted by Gasteiger charge is 2.23. The summed E-state index contributed by atoms with van der Waals surface area (Å²) in [5.74, 6) is 1.11. The van der Waals surface area contributed by atoms with Crippen LogP contribution in [0.5, 0.6) is 17.2 Å². The highest BCUT2D eigenvalue weighted by atomic mass is 35.5. The number of nitrogens with one attached hydrogen (secondary N) is 3. The van der Waals surface area contributed by atoms with E-state index < -0.39 is 0 Å². The molecule has 0 aliphatic heterocycles. The van der Waals surface area contributed by atoms with Crippen LogP contribution >= 0.6 is 11.6 Å². The number of hydrogen-bond acceptors (Lipinski definition) is 6. The molecule has 0 saturated heterocycles. The summed E-state index contributed by atoms with van der Waals surface area (Å²) in [4.78, 5) is 29.1. The molecule has 0 atom stereocenters. The summed E-state index contributed by atoms with van der Waals surface area (Å²) in [6.45, 7) is 3.00. The van der Waals surface area contributed by atoms with E-state index in [1.54, 1.807) is 49.7 Å². The average molecular weight is 499 g/mol. The molecule has 4 rings (SSSR count). The average Bonchev–Trinajstić information content (AvgIpc) is 3.65. The van der Waals surface area contributed by atoms with Crippen molar-refractivity contribution >= 4 is 40.1 Å². The third kappa shape index (κ3) is 6.32. The van der Waals surface area contributed by atoms with Crippen molar-refractivity contribution in [2.24, 2.45) is 0 Å². The van der Waals surface area contributed by atoms with Crippen LogP contribution in [0.1, 0.15) is 30.1 Å². The Morgan fingerprint density at radius 2 is 1.94 bits per heavy atom. The molecule has 1 saturated carbocycles. The Kier molecular flexibility index (Phi) is 7.89. The van der Waals surface area contributed by atoms with Crippen molar-refractivity contribution in [2.75, 3.05) is 32.2 Å². The minimum atomic E-state index is -0.287. The first-order valence-corrected chi connectivity index (χ1v) is 11.7. The second kappa shape index (κ2) is 11.2. The van der Waals surface area contributed by atoms with Gasteiger partial charge in [-0.25, -0.2) is 4.79 Å². The zero-order valence-electron chi connectivity index (χ0n) is 19.5. The first kappa shape index (κ1) is 24.6. The summed E-state index contributed by atoms with van der Waals surface area (Å²) in [7, 11) is 1.58. The summed E-state index contributed by atoms with van der Waals surface area (Å²) in [6, 6.07) is 10.1.